The van der Waals surface area contributed by atoms with Gasteiger partial charge in [0.15, 0.2) is 0 Å². The van der Waals surface area contributed by atoms with E-state index in [9.17, 15) is 19.8 Å². The standard InChI is InChI=1S/C39H39N3O6S2/c1-22-28(24-12-14-32-34(16-24)49-36(41-32)11-3-6-26(43)18-38(45)46)7-4-9-30(22)31-10-5-8-29(23(31)2)25-13-15-33-35(17-25)50-37(42-33)21-40-20-27(44)19-39(47)48/h4-5,7-10,12-17,26-27,40,43-44H,3,6,11,18-21H2,1-2H3,(H,45,46)(H,47,48)/t26-,27+/m0/s1. The molecule has 6 rings (SSSR count). The summed E-state index contributed by atoms with van der Waals surface area (Å²) in [6.07, 6.45) is -0.494. The number of aliphatic hydroxyl groups is 2. The molecular weight excluding hydrogens is 671 g/mol. The van der Waals surface area contributed by atoms with E-state index in [1.54, 1.807) is 22.7 Å². The molecule has 5 N–H and O–H groups in total. The van der Waals surface area contributed by atoms with Crippen molar-refractivity contribution >= 4 is 55.0 Å². The molecule has 0 aliphatic rings. The molecule has 50 heavy (non-hydrogen) atoms. The van der Waals surface area contributed by atoms with Gasteiger partial charge in [0.25, 0.3) is 0 Å². The van der Waals surface area contributed by atoms with Gasteiger partial charge >= 0.3 is 11.9 Å². The van der Waals surface area contributed by atoms with Crippen molar-refractivity contribution in [3.63, 3.8) is 0 Å². The van der Waals surface area contributed by atoms with E-state index in [0.29, 0.717) is 25.8 Å². The summed E-state index contributed by atoms with van der Waals surface area (Å²) in [5.74, 6) is -2.01. The van der Waals surface area contributed by atoms with Gasteiger partial charge in [-0.05, 0) is 102 Å². The highest BCUT2D eigenvalue weighted by molar-refractivity contribution is 7.18. The molecule has 0 amide bonds. The summed E-state index contributed by atoms with van der Waals surface area (Å²) in [6, 6.07) is 25.5. The Morgan fingerprint density at radius 3 is 1.76 bits per heavy atom. The van der Waals surface area contributed by atoms with Crippen LogP contribution in [0.3, 0.4) is 0 Å². The number of benzene rings is 4. The second-order valence-electron chi connectivity index (χ2n) is 12.6. The third-order valence-electron chi connectivity index (χ3n) is 8.85. The number of aliphatic hydroxyl groups excluding tert-OH is 2. The van der Waals surface area contributed by atoms with Gasteiger partial charge in [-0.2, -0.15) is 0 Å². The van der Waals surface area contributed by atoms with E-state index in [-0.39, 0.29) is 19.4 Å². The maximum Gasteiger partial charge on any atom is 0.306 e. The first kappa shape index (κ1) is 35.3. The van der Waals surface area contributed by atoms with E-state index in [0.717, 1.165) is 52.7 Å². The molecule has 0 saturated carbocycles. The van der Waals surface area contributed by atoms with Crippen LogP contribution in [0.5, 0.6) is 0 Å². The van der Waals surface area contributed by atoms with Crippen LogP contribution in [0.15, 0.2) is 72.8 Å². The molecule has 0 aliphatic carbocycles. The number of carboxylic acids is 2. The fourth-order valence-corrected chi connectivity index (χ4v) is 8.38. The molecule has 0 unspecified atom stereocenters. The van der Waals surface area contributed by atoms with Crippen LogP contribution < -0.4 is 5.32 Å². The fraction of sp³-hybridized carbons (Fsp3) is 0.282. The van der Waals surface area contributed by atoms with Gasteiger partial charge in [-0.1, -0.05) is 48.5 Å². The Labute approximate surface area is 297 Å². The SMILES string of the molecule is Cc1c(-c2ccc3nc(CCC[C@H](O)CC(=O)O)sc3c2)cccc1-c1cccc(-c2ccc3nc(CNC[C@H](O)CC(=O)O)sc3c2)c1C. The van der Waals surface area contributed by atoms with Gasteiger partial charge in [0.2, 0.25) is 0 Å². The van der Waals surface area contributed by atoms with Crippen LogP contribution in [0.1, 0.15) is 46.8 Å². The Kier molecular flexibility index (Phi) is 11.0. The second-order valence-corrected chi connectivity index (χ2v) is 14.8. The Bertz CT molecular complexity index is 2020. The monoisotopic (exact) mass is 709 g/mol. The summed E-state index contributed by atoms with van der Waals surface area (Å²) in [5.41, 5.74) is 11.1. The minimum absolute atomic E-state index is 0.187. The highest BCUT2D eigenvalue weighted by Gasteiger charge is 2.16. The zero-order valence-corrected chi connectivity index (χ0v) is 29.5. The molecule has 0 aliphatic heterocycles. The lowest BCUT2D eigenvalue weighted by atomic mass is 9.88. The molecule has 4 aromatic carbocycles. The zero-order chi connectivity index (χ0) is 35.4. The Morgan fingerprint density at radius 2 is 1.20 bits per heavy atom. The van der Waals surface area contributed by atoms with E-state index < -0.39 is 24.1 Å². The number of nitrogens with one attached hydrogen (secondary N) is 1. The van der Waals surface area contributed by atoms with Gasteiger partial charge in [0.1, 0.15) is 5.01 Å². The molecule has 6 aromatic rings. The number of fused-ring (bicyclic) bond motifs is 2. The van der Waals surface area contributed by atoms with Crippen LogP contribution in [0.25, 0.3) is 53.8 Å². The van der Waals surface area contributed by atoms with Crippen LogP contribution in [0.4, 0.5) is 0 Å². The van der Waals surface area contributed by atoms with Crippen molar-refractivity contribution in [2.75, 3.05) is 6.54 Å². The predicted molar refractivity (Wildman–Crippen MR) is 200 cm³/mol. The van der Waals surface area contributed by atoms with Gasteiger partial charge in [0.05, 0.1) is 50.5 Å². The number of hydrogen-bond donors (Lipinski definition) is 5. The lowest BCUT2D eigenvalue weighted by molar-refractivity contribution is -0.140. The van der Waals surface area contributed by atoms with Crippen molar-refractivity contribution in [1.82, 2.24) is 15.3 Å². The Morgan fingerprint density at radius 1 is 0.700 bits per heavy atom. The van der Waals surface area contributed by atoms with Crippen LogP contribution in [-0.2, 0) is 22.6 Å². The summed E-state index contributed by atoms with van der Waals surface area (Å²) in [7, 11) is 0. The molecule has 0 saturated heterocycles. The van der Waals surface area contributed by atoms with E-state index in [4.69, 9.17) is 20.2 Å². The molecule has 2 atom stereocenters. The van der Waals surface area contributed by atoms with Crippen molar-refractivity contribution in [3.05, 3.63) is 93.9 Å². The summed E-state index contributed by atoms with van der Waals surface area (Å²) in [6.45, 7) is 4.97. The van der Waals surface area contributed by atoms with Crippen LogP contribution in [-0.4, -0.2) is 61.1 Å². The lowest BCUT2D eigenvalue weighted by Gasteiger charge is -2.16. The topological polar surface area (TPSA) is 153 Å². The Hall–Kier alpha value is -4.52. The van der Waals surface area contributed by atoms with Crippen molar-refractivity contribution < 1.29 is 30.0 Å². The van der Waals surface area contributed by atoms with Gasteiger partial charge in [-0.15, -0.1) is 22.7 Å². The molecule has 0 spiro atoms. The second kappa shape index (κ2) is 15.6. The van der Waals surface area contributed by atoms with Crippen LogP contribution in [0.2, 0.25) is 0 Å². The quantitative estimate of drug-likeness (QED) is 0.0725. The fourth-order valence-electron chi connectivity index (χ4n) is 6.35. The highest BCUT2D eigenvalue weighted by Crippen LogP contribution is 2.39. The van der Waals surface area contributed by atoms with Crippen molar-refractivity contribution in [3.8, 4) is 33.4 Å². The van der Waals surface area contributed by atoms with Crippen LogP contribution in [0, 0.1) is 13.8 Å². The number of carbonyl (C=O) groups is 2. The maximum atomic E-state index is 10.8. The number of thiazole rings is 2. The molecule has 9 nitrogen and oxygen atoms in total. The third kappa shape index (κ3) is 8.26. The van der Waals surface area contributed by atoms with Gasteiger partial charge in [-0.3, -0.25) is 9.59 Å². The largest absolute Gasteiger partial charge is 0.481 e. The minimum Gasteiger partial charge on any atom is -0.481 e. The average molecular weight is 710 g/mol. The molecule has 2 aromatic heterocycles. The van der Waals surface area contributed by atoms with Crippen molar-refractivity contribution in [2.45, 2.75) is 64.7 Å². The lowest BCUT2D eigenvalue weighted by Crippen LogP contribution is -2.28. The summed E-state index contributed by atoms with van der Waals surface area (Å²) >= 11 is 3.23. The molecule has 0 fully saturated rings. The normalized spacial score (nSPS) is 12.8. The van der Waals surface area contributed by atoms with E-state index in [2.05, 4.69) is 85.9 Å². The highest BCUT2D eigenvalue weighted by atomic mass is 32.1. The summed E-state index contributed by atoms with van der Waals surface area (Å²) in [5, 5.41) is 42.4. The number of hydrogen-bond acceptors (Lipinski definition) is 9. The number of nitrogens with zero attached hydrogens (tertiary/aromatic N) is 2. The van der Waals surface area contributed by atoms with Gasteiger partial charge in [-0.25, -0.2) is 9.97 Å². The average Bonchev–Trinajstić information content (AvgIpc) is 3.67. The first-order valence-electron chi connectivity index (χ1n) is 16.6. The van der Waals surface area contributed by atoms with E-state index >= 15 is 0 Å². The molecule has 11 heteroatoms. The van der Waals surface area contributed by atoms with Gasteiger partial charge < -0.3 is 25.7 Å². The number of rotatable bonds is 15. The Balaban J connectivity index is 1.21. The predicted octanol–water partition coefficient (Wildman–Crippen LogP) is 7.61. The van der Waals surface area contributed by atoms with Crippen LogP contribution >= 0.6 is 22.7 Å². The minimum atomic E-state index is -1.03. The number of aromatic nitrogens is 2. The molecule has 258 valence electrons. The van der Waals surface area contributed by atoms with E-state index in [1.807, 2.05) is 6.07 Å². The number of carboxylic acid groups (broad SMARTS) is 2. The molecule has 0 radical (unpaired) electrons. The van der Waals surface area contributed by atoms with E-state index in [1.165, 1.54) is 22.3 Å². The van der Waals surface area contributed by atoms with Gasteiger partial charge in [0, 0.05) is 13.1 Å². The molecular formula is C39H39N3O6S2. The molecule has 0 bridgehead atoms. The number of aliphatic carboxylic acids is 2. The summed E-state index contributed by atoms with van der Waals surface area (Å²) in [4.78, 5) is 31.1. The maximum absolute atomic E-state index is 10.8. The zero-order valence-electron chi connectivity index (χ0n) is 27.8. The molecule has 2 heterocycles. The smallest absolute Gasteiger partial charge is 0.306 e. The number of aryl methyl sites for hydroxylation is 1. The first-order valence-corrected chi connectivity index (χ1v) is 18.2. The van der Waals surface area contributed by atoms with Crippen molar-refractivity contribution in [1.29, 1.82) is 0 Å². The summed E-state index contributed by atoms with van der Waals surface area (Å²) < 4.78 is 2.16. The third-order valence-corrected chi connectivity index (χ3v) is 10.9. The first-order chi connectivity index (χ1) is 24.0. The van der Waals surface area contributed by atoms with Crippen molar-refractivity contribution in [2.24, 2.45) is 0 Å².